The van der Waals surface area contributed by atoms with Crippen LogP contribution in [0.5, 0.6) is 0 Å². The van der Waals surface area contributed by atoms with Gasteiger partial charge in [0.15, 0.2) is 0 Å². The number of rotatable bonds is 3. The van der Waals surface area contributed by atoms with Gasteiger partial charge < -0.3 is 10.2 Å². The monoisotopic (exact) mass is 332 g/mol. The van der Waals surface area contributed by atoms with Crippen LogP contribution in [0.2, 0.25) is 5.02 Å². The standard InChI is InChI=1S/C18H21ClN2S/c1-13-12-21(14(2)11-20-13)17-5-3-4-6-18(17)22-16-9-7-15(19)8-10-16/h3-10,13-14,20H,11-12H2,1-2H3. The fourth-order valence-electron chi connectivity index (χ4n) is 2.77. The Bertz CT molecular complexity index is 629. The van der Waals surface area contributed by atoms with Crippen molar-refractivity contribution in [2.45, 2.75) is 35.7 Å². The van der Waals surface area contributed by atoms with Crippen molar-refractivity contribution < 1.29 is 0 Å². The van der Waals surface area contributed by atoms with Gasteiger partial charge in [-0.3, -0.25) is 0 Å². The number of nitrogens with one attached hydrogen (secondary N) is 1. The van der Waals surface area contributed by atoms with Gasteiger partial charge in [-0.1, -0.05) is 35.5 Å². The molecule has 0 spiro atoms. The van der Waals surface area contributed by atoms with E-state index < -0.39 is 0 Å². The highest BCUT2D eigenvalue weighted by Crippen LogP contribution is 2.36. The van der Waals surface area contributed by atoms with E-state index in [0.717, 1.165) is 18.1 Å². The third kappa shape index (κ3) is 3.60. The summed E-state index contributed by atoms with van der Waals surface area (Å²) in [4.78, 5) is 5.03. The molecular formula is C18H21ClN2S. The first kappa shape index (κ1) is 15.7. The van der Waals surface area contributed by atoms with E-state index in [-0.39, 0.29) is 0 Å². The van der Waals surface area contributed by atoms with Gasteiger partial charge in [0.25, 0.3) is 0 Å². The molecule has 2 aromatic rings. The topological polar surface area (TPSA) is 15.3 Å². The van der Waals surface area contributed by atoms with E-state index in [0.29, 0.717) is 12.1 Å². The van der Waals surface area contributed by atoms with Gasteiger partial charge in [0.2, 0.25) is 0 Å². The van der Waals surface area contributed by atoms with Gasteiger partial charge in [0.1, 0.15) is 0 Å². The van der Waals surface area contributed by atoms with Crippen LogP contribution in [0.25, 0.3) is 0 Å². The zero-order valence-electron chi connectivity index (χ0n) is 12.9. The second-order valence-electron chi connectivity index (χ2n) is 5.83. The maximum absolute atomic E-state index is 5.98. The molecule has 0 radical (unpaired) electrons. The molecular weight excluding hydrogens is 312 g/mol. The van der Waals surface area contributed by atoms with Crippen LogP contribution in [0.4, 0.5) is 5.69 Å². The number of halogens is 1. The predicted molar refractivity (Wildman–Crippen MR) is 96.3 cm³/mol. The van der Waals surface area contributed by atoms with E-state index in [1.807, 2.05) is 12.1 Å². The molecule has 2 atom stereocenters. The van der Waals surface area contributed by atoms with Crippen LogP contribution in [0.15, 0.2) is 58.3 Å². The van der Waals surface area contributed by atoms with E-state index in [9.17, 15) is 0 Å². The molecule has 0 aliphatic carbocycles. The van der Waals surface area contributed by atoms with Crippen molar-refractivity contribution in [2.24, 2.45) is 0 Å². The maximum Gasteiger partial charge on any atom is 0.0511 e. The van der Waals surface area contributed by atoms with Gasteiger partial charge >= 0.3 is 0 Å². The number of para-hydroxylation sites is 1. The quantitative estimate of drug-likeness (QED) is 0.878. The Morgan fingerprint density at radius 3 is 2.59 bits per heavy atom. The van der Waals surface area contributed by atoms with Crippen molar-refractivity contribution >= 4 is 29.1 Å². The molecule has 2 unspecified atom stereocenters. The smallest absolute Gasteiger partial charge is 0.0511 e. The van der Waals surface area contributed by atoms with E-state index >= 15 is 0 Å². The minimum atomic E-state index is 0.503. The van der Waals surface area contributed by atoms with Crippen molar-refractivity contribution in [3.05, 3.63) is 53.6 Å². The first-order valence-corrected chi connectivity index (χ1v) is 8.85. The summed E-state index contributed by atoms with van der Waals surface area (Å²) in [6, 6.07) is 17.7. The second kappa shape index (κ2) is 6.95. The van der Waals surface area contributed by atoms with Gasteiger partial charge in [-0.25, -0.2) is 0 Å². The van der Waals surface area contributed by atoms with Gasteiger partial charge in [-0.05, 0) is 50.2 Å². The van der Waals surface area contributed by atoms with E-state index in [1.54, 1.807) is 11.8 Å². The molecule has 1 heterocycles. The van der Waals surface area contributed by atoms with Crippen molar-refractivity contribution in [1.82, 2.24) is 5.32 Å². The lowest BCUT2D eigenvalue weighted by molar-refractivity contribution is 0.423. The maximum atomic E-state index is 5.98. The summed E-state index contributed by atoms with van der Waals surface area (Å²) < 4.78 is 0. The summed E-state index contributed by atoms with van der Waals surface area (Å²) in [5, 5.41) is 4.32. The van der Waals surface area contributed by atoms with Crippen molar-refractivity contribution in [3.63, 3.8) is 0 Å². The molecule has 0 bridgehead atoms. The molecule has 1 aliphatic rings. The Labute approximate surface area is 141 Å². The van der Waals surface area contributed by atoms with Gasteiger partial charge in [0, 0.05) is 40.0 Å². The Morgan fingerprint density at radius 1 is 1.09 bits per heavy atom. The van der Waals surface area contributed by atoms with Crippen LogP contribution < -0.4 is 10.2 Å². The summed E-state index contributed by atoms with van der Waals surface area (Å²) >= 11 is 7.78. The number of nitrogens with zero attached hydrogens (tertiary/aromatic N) is 1. The predicted octanol–water partition coefficient (Wildman–Crippen LogP) is 4.68. The highest BCUT2D eigenvalue weighted by molar-refractivity contribution is 7.99. The molecule has 1 N–H and O–H groups in total. The molecule has 0 aromatic heterocycles. The highest BCUT2D eigenvalue weighted by atomic mass is 35.5. The molecule has 2 nitrogen and oxygen atoms in total. The lowest BCUT2D eigenvalue weighted by atomic mass is 10.1. The average molecular weight is 333 g/mol. The molecule has 4 heteroatoms. The summed E-state index contributed by atoms with van der Waals surface area (Å²) in [6.07, 6.45) is 0. The molecule has 0 saturated carbocycles. The van der Waals surface area contributed by atoms with Crippen molar-refractivity contribution in [3.8, 4) is 0 Å². The van der Waals surface area contributed by atoms with Gasteiger partial charge in [-0.15, -0.1) is 0 Å². The number of hydrogen-bond donors (Lipinski definition) is 1. The lowest BCUT2D eigenvalue weighted by Gasteiger charge is -2.40. The third-order valence-electron chi connectivity index (χ3n) is 3.98. The number of benzene rings is 2. The van der Waals surface area contributed by atoms with E-state index in [4.69, 9.17) is 11.6 Å². The van der Waals surface area contributed by atoms with Crippen LogP contribution >= 0.6 is 23.4 Å². The van der Waals surface area contributed by atoms with Crippen LogP contribution in [-0.4, -0.2) is 25.2 Å². The van der Waals surface area contributed by atoms with E-state index in [2.05, 4.69) is 60.5 Å². The molecule has 1 aliphatic heterocycles. The normalized spacial score (nSPS) is 21.9. The first-order valence-electron chi connectivity index (χ1n) is 7.66. The largest absolute Gasteiger partial charge is 0.365 e. The van der Waals surface area contributed by atoms with E-state index in [1.165, 1.54) is 15.5 Å². The van der Waals surface area contributed by atoms with Gasteiger partial charge in [0.05, 0.1) is 5.69 Å². The number of hydrogen-bond acceptors (Lipinski definition) is 3. The summed E-state index contributed by atoms with van der Waals surface area (Å²) in [6.45, 7) is 6.59. The Morgan fingerprint density at radius 2 is 1.82 bits per heavy atom. The number of piperazine rings is 1. The van der Waals surface area contributed by atoms with Gasteiger partial charge in [-0.2, -0.15) is 0 Å². The SMILES string of the molecule is CC1CN(c2ccccc2Sc2ccc(Cl)cc2)C(C)CN1. The molecule has 22 heavy (non-hydrogen) atoms. The first-order chi connectivity index (χ1) is 10.6. The van der Waals surface area contributed by atoms with Crippen molar-refractivity contribution in [2.75, 3.05) is 18.0 Å². The highest BCUT2D eigenvalue weighted by Gasteiger charge is 2.24. The average Bonchev–Trinajstić information content (AvgIpc) is 2.53. The second-order valence-corrected chi connectivity index (χ2v) is 7.39. The van der Waals surface area contributed by atoms with Crippen molar-refractivity contribution in [1.29, 1.82) is 0 Å². The molecule has 116 valence electrons. The summed E-state index contributed by atoms with van der Waals surface area (Å²) in [5.74, 6) is 0. The Hall–Kier alpha value is -1.16. The lowest BCUT2D eigenvalue weighted by Crippen LogP contribution is -2.54. The molecule has 1 saturated heterocycles. The third-order valence-corrected chi connectivity index (χ3v) is 5.31. The summed E-state index contributed by atoms with van der Waals surface area (Å²) in [7, 11) is 0. The fourth-order valence-corrected chi connectivity index (χ4v) is 3.86. The van der Waals surface area contributed by atoms with Crippen LogP contribution in [0.1, 0.15) is 13.8 Å². The minimum Gasteiger partial charge on any atom is -0.365 e. The zero-order chi connectivity index (χ0) is 15.5. The van der Waals surface area contributed by atoms with Crippen LogP contribution in [0, 0.1) is 0 Å². The molecule has 0 amide bonds. The Balaban J connectivity index is 1.87. The van der Waals surface area contributed by atoms with Crippen LogP contribution in [0.3, 0.4) is 0 Å². The minimum absolute atomic E-state index is 0.503. The summed E-state index contributed by atoms with van der Waals surface area (Å²) in [5.41, 5.74) is 1.32. The zero-order valence-corrected chi connectivity index (χ0v) is 14.5. The molecule has 2 aromatic carbocycles. The molecule has 1 fully saturated rings. The fraction of sp³-hybridized carbons (Fsp3) is 0.333. The Kier molecular flexibility index (Phi) is 4.97. The van der Waals surface area contributed by atoms with Crippen LogP contribution in [-0.2, 0) is 0 Å². The molecule has 3 rings (SSSR count). The number of anilines is 1.